The normalized spacial score (nSPS) is 12.2. The summed E-state index contributed by atoms with van der Waals surface area (Å²) in [4.78, 5) is 28.5. The average Bonchev–Trinajstić information content (AvgIpc) is 2.93. The Bertz CT molecular complexity index is 1380. The third-order valence-corrected chi connectivity index (χ3v) is 8.35. The van der Waals surface area contributed by atoms with Gasteiger partial charge in [-0.15, -0.1) is 0 Å². The van der Waals surface area contributed by atoms with E-state index in [9.17, 15) is 18.0 Å². The summed E-state index contributed by atoms with van der Waals surface area (Å²) in [6.07, 6.45) is 0.575. The van der Waals surface area contributed by atoms with Crippen LogP contribution in [0.25, 0.3) is 0 Å². The van der Waals surface area contributed by atoms with Gasteiger partial charge in [0.1, 0.15) is 12.6 Å². The van der Waals surface area contributed by atoms with E-state index in [-0.39, 0.29) is 23.3 Å². The molecule has 0 saturated carbocycles. The van der Waals surface area contributed by atoms with E-state index in [1.54, 1.807) is 55.5 Å². The number of benzene rings is 3. The number of nitrogens with zero attached hydrogens (tertiary/aromatic N) is 2. The average molecular weight is 570 g/mol. The number of sulfonamides is 1. The quantitative estimate of drug-likeness (QED) is 0.321. The fraction of sp³-hybridized carbons (Fsp3) is 0.333. The Hall–Kier alpha value is -3.36. The molecule has 1 N–H and O–H groups in total. The van der Waals surface area contributed by atoms with Crippen LogP contribution in [0.3, 0.4) is 0 Å². The fourth-order valence-electron chi connectivity index (χ4n) is 4.15. The van der Waals surface area contributed by atoms with E-state index in [2.05, 4.69) is 5.32 Å². The molecule has 7 nitrogen and oxygen atoms in total. The maximum absolute atomic E-state index is 14.0. The predicted molar refractivity (Wildman–Crippen MR) is 156 cm³/mol. The molecule has 0 unspecified atom stereocenters. The van der Waals surface area contributed by atoms with Crippen LogP contribution in [0.4, 0.5) is 5.69 Å². The van der Waals surface area contributed by atoms with Gasteiger partial charge in [-0.3, -0.25) is 13.9 Å². The monoisotopic (exact) mass is 569 g/mol. The van der Waals surface area contributed by atoms with Crippen molar-refractivity contribution in [2.75, 3.05) is 17.4 Å². The van der Waals surface area contributed by atoms with E-state index in [1.165, 1.54) is 17.0 Å². The molecule has 0 saturated heterocycles. The molecule has 9 heteroatoms. The van der Waals surface area contributed by atoms with Gasteiger partial charge in [-0.25, -0.2) is 8.42 Å². The first-order valence-corrected chi connectivity index (χ1v) is 14.8. The lowest BCUT2D eigenvalue weighted by Crippen LogP contribution is -2.51. The standard InChI is InChI=1S/C30H36ClN3O4S/c1-5-25-13-9-10-17-28(25)34(39(37,38)27-15-7-6-8-16-27)21-29(35)33(20-24-12-11-14-26(31)18-24)23(4)30(36)32-19-22(2)3/h6-18,22-23H,5,19-21H2,1-4H3,(H,32,36)/t23-/m1/s1. The molecule has 0 aliphatic rings. The van der Waals surface area contributed by atoms with Gasteiger partial charge in [0.05, 0.1) is 10.6 Å². The van der Waals surface area contributed by atoms with Gasteiger partial charge in [-0.1, -0.05) is 80.9 Å². The Morgan fingerprint density at radius 3 is 2.23 bits per heavy atom. The molecule has 2 amide bonds. The van der Waals surface area contributed by atoms with Gasteiger partial charge in [0, 0.05) is 18.1 Å². The first-order chi connectivity index (χ1) is 18.5. The molecule has 3 aromatic rings. The SMILES string of the molecule is CCc1ccccc1N(CC(=O)N(Cc1cccc(Cl)c1)[C@H](C)C(=O)NCC(C)C)S(=O)(=O)c1ccccc1. The minimum Gasteiger partial charge on any atom is -0.354 e. The highest BCUT2D eigenvalue weighted by molar-refractivity contribution is 7.92. The van der Waals surface area contributed by atoms with E-state index < -0.39 is 28.5 Å². The Kier molecular flexibility index (Phi) is 10.5. The van der Waals surface area contributed by atoms with Crippen molar-refractivity contribution < 1.29 is 18.0 Å². The van der Waals surface area contributed by atoms with E-state index in [1.807, 2.05) is 39.0 Å². The second-order valence-corrected chi connectivity index (χ2v) is 12.1. The molecular weight excluding hydrogens is 534 g/mol. The fourth-order valence-corrected chi connectivity index (χ4v) is 5.84. The van der Waals surface area contributed by atoms with Crippen LogP contribution in [0.2, 0.25) is 5.02 Å². The number of hydrogen-bond acceptors (Lipinski definition) is 4. The molecule has 0 heterocycles. The number of halogens is 1. The highest BCUT2D eigenvalue weighted by Gasteiger charge is 2.33. The summed E-state index contributed by atoms with van der Waals surface area (Å²) in [6, 6.07) is 21.4. The predicted octanol–water partition coefficient (Wildman–Crippen LogP) is 5.29. The van der Waals surface area contributed by atoms with Crippen LogP contribution >= 0.6 is 11.6 Å². The first kappa shape index (κ1) is 30.2. The lowest BCUT2D eigenvalue weighted by Gasteiger charge is -2.32. The molecule has 3 rings (SSSR count). The first-order valence-electron chi connectivity index (χ1n) is 13.0. The molecule has 39 heavy (non-hydrogen) atoms. The number of rotatable bonds is 12. The van der Waals surface area contributed by atoms with Crippen molar-refractivity contribution in [2.24, 2.45) is 5.92 Å². The molecule has 1 atom stereocenters. The number of para-hydroxylation sites is 1. The van der Waals surface area contributed by atoms with Crippen LogP contribution in [0.5, 0.6) is 0 Å². The van der Waals surface area contributed by atoms with E-state index in [0.29, 0.717) is 23.7 Å². The van der Waals surface area contributed by atoms with Gasteiger partial charge in [0.15, 0.2) is 0 Å². The lowest BCUT2D eigenvalue weighted by atomic mass is 10.1. The third kappa shape index (κ3) is 7.83. The van der Waals surface area contributed by atoms with Crippen molar-refractivity contribution in [3.8, 4) is 0 Å². The Morgan fingerprint density at radius 1 is 0.923 bits per heavy atom. The highest BCUT2D eigenvalue weighted by Crippen LogP contribution is 2.28. The third-order valence-electron chi connectivity index (χ3n) is 6.35. The van der Waals surface area contributed by atoms with Crippen molar-refractivity contribution in [1.29, 1.82) is 0 Å². The summed E-state index contributed by atoms with van der Waals surface area (Å²) in [6.45, 7) is 7.62. The zero-order valence-electron chi connectivity index (χ0n) is 22.8. The largest absolute Gasteiger partial charge is 0.354 e. The zero-order chi connectivity index (χ0) is 28.6. The van der Waals surface area contributed by atoms with Crippen LogP contribution in [-0.2, 0) is 32.6 Å². The van der Waals surface area contributed by atoms with Gasteiger partial charge >= 0.3 is 0 Å². The minimum absolute atomic E-state index is 0.0767. The Balaban J connectivity index is 2.04. The number of carbonyl (C=O) groups is 2. The summed E-state index contributed by atoms with van der Waals surface area (Å²) in [5.41, 5.74) is 1.94. The van der Waals surface area contributed by atoms with Gasteiger partial charge in [-0.05, 0) is 60.7 Å². The van der Waals surface area contributed by atoms with Crippen LogP contribution < -0.4 is 9.62 Å². The number of carbonyl (C=O) groups excluding carboxylic acids is 2. The van der Waals surface area contributed by atoms with Gasteiger partial charge in [-0.2, -0.15) is 0 Å². The van der Waals surface area contributed by atoms with E-state index in [0.717, 1.165) is 15.4 Å². The van der Waals surface area contributed by atoms with Gasteiger partial charge in [0.2, 0.25) is 11.8 Å². The van der Waals surface area contributed by atoms with E-state index in [4.69, 9.17) is 11.6 Å². The molecule has 208 valence electrons. The molecule has 0 spiro atoms. The second kappa shape index (κ2) is 13.6. The number of amides is 2. The number of hydrogen-bond donors (Lipinski definition) is 1. The second-order valence-electron chi connectivity index (χ2n) is 9.77. The minimum atomic E-state index is -4.10. The summed E-state index contributed by atoms with van der Waals surface area (Å²) in [5.74, 6) is -0.589. The zero-order valence-corrected chi connectivity index (χ0v) is 24.4. The molecule has 0 fully saturated rings. The Labute approximate surface area is 236 Å². The van der Waals surface area contributed by atoms with E-state index >= 15 is 0 Å². The van der Waals surface area contributed by atoms with Crippen molar-refractivity contribution >= 4 is 39.1 Å². The highest BCUT2D eigenvalue weighted by atomic mass is 35.5. The molecule has 0 aliphatic carbocycles. The Morgan fingerprint density at radius 2 is 1.59 bits per heavy atom. The van der Waals surface area contributed by atoms with Crippen molar-refractivity contribution in [1.82, 2.24) is 10.2 Å². The summed E-state index contributed by atoms with van der Waals surface area (Å²) in [5, 5.41) is 3.38. The van der Waals surface area contributed by atoms with Crippen LogP contribution in [0, 0.1) is 5.92 Å². The van der Waals surface area contributed by atoms with Crippen LogP contribution in [0.1, 0.15) is 38.8 Å². The lowest BCUT2D eigenvalue weighted by molar-refractivity contribution is -0.139. The maximum atomic E-state index is 14.0. The van der Waals surface area contributed by atoms with Crippen molar-refractivity contribution in [2.45, 2.75) is 51.6 Å². The topological polar surface area (TPSA) is 86.8 Å². The van der Waals surface area contributed by atoms with Crippen molar-refractivity contribution in [3.05, 3.63) is 95.0 Å². The summed E-state index contributed by atoms with van der Waals surface area (Å²) >= 11 is 6.19. The summed E-state index contributed by atoms with van der Waals surface area (Å²) < 4.78 is 28.9. The van der Waals surface area contributed by atoms with Gasteiger partial charge in [0.25, 0.3) is 10.0 Å². The van der Waals surface area contributed by atoms with Crippen molar-refractivity contribution in [3.63, 3.8) is 0 Å². The molecule has 3 aromatic carbocycles. The molecule has 0 bridgehead atoms. The van der Waals surface area contributed by atoms with Crippen LogP contribution in [0.15, 0.2) is 83.8 Å². The van der Waals surface area contributed by atoms with Gasteiger partial charge < -0.3 is 10.2 Å². The number of nitrogens with one attached hydrogen (secondary N) is 1. The molecular formula is C30H36ClN3O4S. The van der Waals surface area contributed by atoms with Crippen LogP contribution in [-0.4, -0.2) is 44.3 Å². The smallest absolute Gasteiger partial charge is 0.264 e. The summed E-state index contributed by atoms with van der Waals surface area (Å²) in [7, 11) is -4.10. The number of aryl methyl sites for hydroxylation is 1. The number of anilines is 1. The molecule has 0 radical (unpaired) electrons. The molecule has 0 aromatic heterocycles. The molecule has 0 aliphatic heterocycles. The maximum Gasteiger partial charge on any atom is 0.264 e.